The van der Waals surface area contributed by atoms with Crippen molar-refractivity contribution >= 4 is 34.9 Å². The third kappa shape index (κ3) is 6.87. The molecule has 3 amide bonds. The number of halogens is 1. The van der Waals surface area contributed by atoms with Gasteiger partial charge in [-0.05, 0) is 67.5 Å². The number of carbonyl (C=O) groups is 2. The van der Waals surface area contributed by atoms with Gasteiger partial charge in [0, 0.05) is 29.0 Å². The first-order valence-corrected chi connectivity index (χ1v) is 12.8. The van der Waals surface area contributed by atoms with Gasteiger partial charge in [-0.2, -0.15) is 0 Å². The molecule has 1 N–H and O–H groups in total. The summed E-state index contributed by atoms with van der Waals surface area (Å²) in [6.45, 7) is 9.61. The number of nitrogens with one attached hydrogen (secondary N) is 1. The van der Waals surface area contributed by atoms with Crippen molar-refractivity contribution in [3.05, 3.63) is 51.2 Å². The van der Waals surface area contributed by atoms with Gasteiger partial charge >= 0.3 is 6.03 Å². The van der Waals surface area contributed by atoms with E-state index in [0.717, 1.165) is 18.4 Å². The molecule has 2 heterocycles. The third-order valence-electron chi connectivity index (χ3n) is 5.89. The van der Waals surface area contributed by atoms with E-state index in [9.17, 15) is 9.59 Å². The topological polar surface area (TPSA) is 61.9 Å². The van der Waals surface area contributed by atoms with Gasteiger partial charge in [-0.25, -0.2) is 4.79 Å². The Morgan fingerprint density at radius 1 is 1.24 bits per heavy atom. The molecule has 0 aliphatic carbocycles. The van der Waals surface area contributed by atoms with Crippen molar-refractivity contribution in [2.24, 2.45) is 5.92 Å². The summed E-state index contributed by atoms with van der Waals surface area (Å²) in [5.41, 5.74) is 1.13. The molecule has 8 heteroatoms. The Balaban J connectivity index is 1.76. The highest BCUT2D eigenvalue weighted by molar-refractivity contribution is 7.10. The van der Waals surface area contributed by atoms with Crippen LogP contribution in [0, 0.1) is 5.92 Å². The maximum atomic E-state index is 13.5. The fourth-order valence-electron chi connectivity index (χ4n) is 3.90. The van der Waals surface area contributed by atoms with Crippen molar-refractivity contribution in [3.8, 4) is 5.75 Å². The highest BCUT2D eigenvalue weighted by Crippen LogP contribution is 2.34. The lowest BCUT2D eigenvalue weighted by Crippen LogP contribution is -2.51. The molecule has 0 unspecified atom stereocenters. The van der Waals surface area contributed by atoms with Crippen LogP contribution in [0.15, 0.2) is 35.7 Å². The molecule has 6 nitrogen and oxygen atoms in total. The van der Waals surface area contributed by atoms with Crippen LogP contribution < -0.4 is 10.1 Å². The van der Waals surface area contributed by atoms with Crippen molar-refractivity contribution in [1.82, 2.24) is 15.1 Å². The molecule has 1 aromatic heterocycles. The van der Waals surface area contributed by atoms with Gasteiger partial charge in [-0.1, -0.05) is 31.9 Å². The fraction of sp³-hybridized carbons (Fsp3) is 0.520. The highest BCUT2D eigenvalue weighted by Gasteiger charge is 2.33. The Hall–Kier alpha value is -2.25. The van der Waals surface area contributed by atoms with Crippen LogP contribution in [0.1, 0.15) is 50.6 Å². The van der Waals surface area contributed by atoms with E-state index in [2.05, 4.69) is 30.6 Å². The van der Waals surface area contributed by atoms with E-state index in [0.29, 0.717) is 36.4 Å². The van der Waals surface area contributed by atoms with Crippen LogP contribution in [0.4, 0.5) is 4.79 Å². The summed E-state index contributed by atoms with van der Waals surface area (Å²) in [5, 5.41) is 5.66. The fourth-order valence-corrected chi connectivity index (χ4v) is 4.95. The predicted molar refractivity (Wildman–Crippen MR) is 134 cm³/mol. The van der Waals surface area contributed by atoms with Gasteiger partial charge in [-0.3, -0.25) is 4.79 Å². The van der Waals surface area contributed by atoms with Gasteiger partial charge in [0.05, 0.1) is 6.04 Å². The van der Waals surface area contributed by atoms with E-state index < -0.39 is 0 Å². The van der Waals surface area contributed by atoms with E-state index in [1.807, 2.05) is 30.9 Å². The normalized spacial score (nSPS) is 16.3. The Morgan fingerprint density at radius 3 is 2.64 bits per heavy atom. The second kappa shape index (κ2) is 11.7. The zero-order chi connectivity index (χ0) is 24.0. The summed E-state index contributed by atoms with van der Waals surface area (Å²) >= 11 is 7.70. The average Bonchev–Trinajstić information content (AvgIpc) is 3.26. The van der Waals surface area contributed by atoms with Gasteiger partial charge in [0.15, 0.2) is 0 Å². The molecule has 0 saturated heterocycles. The number of urea groups is 1. The molecular weight excluding hydrogens is 458 g/mol. The minimum absolute atomic E-state index is 0.0101. The number of thiophene rings is 1. The van der Waals surface area contributed by atoms with Crippen molar-refractivity contribution < 1.29 is 14.3 Å². The first-order chi connectivity index (χ1) is 15.8. The molecule has 1 aromatic carbocycles. The van der Waals surface area contributed by atoms with E-state index in [4.69, 9.17) is 16.3 Å². The minimum atomic E-state index is -0.194. The summed E-state index contributed by atoms with van der Waals surface area (Å²) in [6, 6.07) is 8.94. The van der Waals surface area contributed by atoms with Crippen LogP contribution in [0.25, 0.3) is 0 Å². The van der Waals surface area contributed by atoms with Gasteiger partial charge < -0.3 is 19.9 Å². The first-order valence-electron chi connectivity index (χ1n) is 11.6. The monoisotopic (exact) mass is 491 g/mol. The minimum Gasteiger partial charge on any atom is -0.491 e. The maximum Gasteiger partial charge on any atom is 0.318 e. The molecule has 3 rings (SSSR count). The van der Waals surface area contributed by atoms with E-state index >= 15 is 0 Å². The van der Waals surface area contributed by atoms with Gasteiger partial charge in [0.2, 0.25) is 5.91 Å². The summed E-state index contributed by atoms with van der Waals surface area (Å²) < 4.78 is 6.05. The van der Waals surface area contributed by atoms with Gasteiger partial charge in [0.1, 0.15) is 18.9 Å². The third-order valence-corrected chi connectivity index (χ3v) is 7.14. The molecule has 1 aliphatic heterocycles. The Morgan fingerprint density at radius 2 is 1.97 bits per heavy atom. The average molecular weight is 492 g/mol. The molecule has 180 valence electrons. The van der Waals surface area contributed by atoms with Crippen LogP contribution in [0.2, 0.25) is 5.02 Å². The molecule has 1 aliphatic rings. The predicted octanol–water partition coefficient (Wildman–Crippen LogP) is 5.37. The molecule has 0 spiro atoms. The molecule has 2 aromatic rings. The maximum absolute atomic E-state index is 13.5. The molecule has 33 heavy (non-hydrogen) atoms. The number of fused-ring (bicyclic) bond motifs is 1. The van der Waals surface area contributed by atoms with Crippen LogP contribution in [-0.4, -0.2) is 54.0 Å². The first kappa shape index (κ1) is 25.4. The molecule has 0 saturated carbocycles. The number of amides is 3. The summed E-state index contributed by atoms with van der Waals surface area (Å²) in [6.07, 6.45) is 1.76. The number of hydrogen-bond acceptors (Lipinski definition) is 4. The van der Waals surface area contributed by atoms with Crippen molar-refractivity contribution in [3.63, 3.8) is 0 Å². The van der Waals surface area contributed by atoms with Crippen LogP contribution in [0.3, 0.4) is 0 Å². The lowest BCUT2D eigenvalue weighted by atomic mass is 10.00. The van der Waals surface area contributed by atoms with E-state index in [1.54, 1.807) is 28.4 Å². The summed E-state index contributed by atoms with van der Waals surface area (Å²) in [5.74, 6) is 0.965. The molecule has 2 atom stereocenters. The summed E-state index contributed by atoms with van der Waals surface area (Å²) in [7, 11) is 0. The van der Waals surface area contributed by atoms with Gasteiger partial charge in [0.25, 0.3) is 0 Å². The van der Waals surface area contributed by atoms with Crippen LogP contribution in [-0.2, 0) is 11.2 Å². The second-order valence-corrected chi connectivity index (χ2v) is 10.4. The number of rotatable bonds is 9. The Bertz CT molecular complexity index is 931. The number of carbonyl (C=O) groups excluding carboxylic acids is 2. The summed E-state index contributed by atoms with van der Waals surface area (Å²) in [4.78, 5) is 31.1. The number of benzene rings is 1. The smallest absolute Gasteiger partial charge is 0.318 e. The number of nitrogens with zero attached hydrogens (tertiary/aromatic N) is 2. The van der Waals surface area contributed by atoms with Crippen LogP contribution in [0.5, 0.6) is 5.75 Å². The lowest BCUT2D eigenvalue weighted by Gasteiger charge is -2.37. The van der Waals surface area contributed by atoms with Crippen molar-refractivity contribution in [2.45, 2.75) is 52.6 Å². The van der Waals surface area contributed by atoms with Crippen LogP contribution >= 0.6 is 22.9 Å². The second-order valence-electron chi connectivity index (χ2n) is 8.92. The SMILES string of the molecule is CC[C@H](C)CN(CC(=O)N1CCc2sccc2[C@@H]1COc1ccc(Cl)cc1)C(=O)NC(C)C. The molecule has 0 radical (unpaired) electrons. The molecule has 0 bridgehead atoms. The largest absolute Gasteiger partial charge is 0.491 e. The quantitative estimate of drug-likeness (QED) is 0.512. The van der Waals surface area contributed by atoms with Gasteiger partial charge in [-0.15, -0.1) is 11.3 Å². The van der Waals surface area contributed by atoms with E-state index in [-0.39, 0.29) is 30.6 Å². The zero-order valence-corrected chi connectivity index (χ0v) is 21.4. The van der Waals surface area contributed by atoms with E-state index in [1.165, 1.54) is 4.88 Å². The van der Waals surface area contributed by atoms with Crippen molar-refractivity contribution in [2.75, 3.05) is 26.2 Å². The van der Waals surface area contributed by atoms with Crippen molar-refractivity contribution in [1.29, 1.82) is 0 Å². The Kier molecular flexibility index (Phi) is 9.03. The lowest BCUT2D eigenvalue weighted by molar-refractivity contribution is -0.135. The number of ether oxygens (including phenoxy) is 1. The zero-order valence-electron chi connectivity index (χ0n) is 19.8. The number of hydrogen-bond donors (Lipinski definition) is 1. The molecular formula is C25H34ClN3O3S. The highest BCUT2D eigenvalue weighted by atomic mass is 35.5. The standard InChI is InChI=1S/C25H34ClN3O3S/c1-5-18(4)14-28(25(31)27-17(2)3)15-24(30)29-12-10-23-21(11-13-33-23)22(29)16-32-20-8-6-19(26)7-9-20/h6-9,11,13,17-18,22H,5,10,12,14-16H2,1-4H3,(H,27,31)/t18-,22-/m0/s1. The molecule has 0 fully saturated rings. The Labute approximate surface area is 205 Å².